The molecule has 1 amide bonds. The van der Waals surface area contributed by atoms with E-state index < -0.39 is 0 Å². The Bertz CT molecular complexity index is 609. The summed E-state index contributed by atoms with van der Waals surface area (Å²) in [5.41, 5.74) is 3.01. The maximum Gasteiger partial charge on any atom is 0.254 e. The third kappa shape index (κ3) is 5.52. The van der Waals surface area contributed by atoms with E-state index >= 15 is 0 Å². The van der Waals surface area contributed by atoms with Gasteiger partial charge in [-0.1, -0.05) is 19.9 Å². The number of hydrogen-bond acceptors (Lipinski definition) is 3. The van der Waals surface area contributed by atoms with Crippen molar-refractivity contribution in [2.45, 2.75) is 46.6 Å². The molecule has 3 atom stereocenters. The van der Waals surface area contributed by atoms with E-state index in [0.29, 0.717) is 12.0 Å². The number of carbonyl (C=O) groups is 1. The summed E-state index contributed by atoms with van der Waals surface area (Å²) < 4.78 is 0. The van der Waals surface area contributed by atoms with Crippen LogP contribution in [0, 0.1) is 24.7 Å². The van der Waals surface area contributed by atoms with Crippen LogP contribution in [0.15, 0.2) is 18.2 Å². The molecule has 2 aliphatic rings. The van der Waals surface area contributed by atoms with Gasteiger partial charge in [-0.15, -0.1) is 24.8 Å². The lowest BCUT2D eigenvalue weighted by Gasteiger charge is -2.24. The van der Waals surface area contributed by atoms with E-state index in [9.17, 15) is 4.79 Å². The molecule has 2 aliphatic heterocycles. The van der Waals surface area contributed by atoms with E-state index in [0.717, 1.165) is 67.7 Å². The Hall–Kier alpha value is -0.970. The molecule has 0 aliphatic carbocycles. The molecule has 2 heterocycles. The van der Waals surface area contributed by atoms with Crippen LogP contribution in [-0.4, -0.2) is 43.0 Å². The fraction of sp³-hybridized carbons (Fsp3) is 0.667. The number of carbonyl (C=O) groups excluding carboxylic acids is 1. The number of hydrogen-bond donors (Lipinski definition) is 2. The molecule has 6 heteroatoms. The lowest BCUT2D eigenvalue weighted by Crippen LogP contribution is -2.33. The van der Waals surface area contributed by atoms with Crippen molar-refractivity contribution in [2.24, 2.45) is 17.8 Å². The summed E-state index contributed by atoms with van der Waals surface area (Å²) in [6.45, 7) is 12.7. The molecule has 2 saturated heterocycles. The van der Waals surface area contributed by atoms with Gasteiger partial charge in [-0.25, -0.2) is 0 Å². The van der Waals surface area contributed by atoms with Crippen molar-refractivity contribution in [3.05, 3.63) is 29.3 Å². The second-order valence-electron chi connectivity index (χ2n) is 8.20. The van der Waals surface area contributed by atoms with Crippen molar-refractivity contribution < 1.29 is 4.79 Å². The highest BCUT2D eigenvalue weighted by Gasteiger charge is 2.32. The van der Waals surface area contributed by atoms with Crippen molar-refractivity contribution in [1.82, 2.24) is 10.2 Å². The van der Waals surface area contributed by atoms with Gasteiger partial charge in [0.1, 0.15) is 0 Å². The van der Waals surface area contributed by atoms with Crippen LogP contribution in [0.25, 0.3) is 0 Å². The van der Waals surface area contributed by atoms with E-state index in [1.165, 1.54) is 0 Å². The molecule has 3 rings (SSSR count). The molecule has 4 nitrogen and oxygen atoms in total. The topological polar surface area (TPSA) is 44.4 Å². The molecule has 27 heavy (non-hydrogen) atoms. The maximum absolute atomic E-state index is 13.1. The van der Waals surface area contributed by atoms with E-state index in [1.807, 2.05) is 12.1 Å². The predicted octanol–water partition coefficient (Wildman–Crippen LogP) is 4.37. The number of nitrogens with one attached hydrogen (secondary N) is 2. The fourth-order valence-electron chi connectivity index (χ4n) is 4.03. The molecule has 1 aromatic rings. The molecule has 0 aromatic heterocycles. The van der Waals surface area contributed by atoms with Gasteiger partial charge in [0.2, 0.25) is 0 Å². The van der Waals surface area contributed by atoms with Crippen molar-refractivity contribution in [3.8, 4) is 0 Å². The summed E-state index contributed by atoms with van der Waals surface area (Å²) in [6.07, 6.45) is 2.26. The number of nitrogens with zero attached hydrogens (tertiary/aromatic N) is 1. The van der Waals surface area contributed by atoms with Crippen molar-refractivity contribution in [3.63, 3.8) is 0 Å². The molecule has 2 N–H and O–H groups in total. The molecule has 0 saturated carbocycles. The largest absolute Gasteiger partial charge is 0.382 e. The number of amides is 1. The van der Waals surface area contributed by atoms with Crippen LogP contribution in [-0.2, 0) is 0 Å². The normalized spacial score (nSPS) is 22.9. The zero-order valence-corrected chi connectivity index (χ0v) is 18.6. The Balaban J connectivity index is 0.00000182. The van der Waals surface area contributed by atoms with Crippen LogP contribution in [0.2, 0.25) is 0 Å². The van der Waals surface area contributed by atoms with Gasteiger partial charge in [-0.05, 0) is 75.2 Å². The van der Waals surface area contributed by atoms with Gasteiger partial charge in [-0.2, -0.15) is 0 Å². The fourth-order valence-corrected chi connectivity index (χ4v) is 4.03. The van der Waals surface area contributed by atoms with Gasteiger partial charge >= 0.3 is 0 Å². The van der Waals surface area contributed by atoms with Crippen LogP contribution >= 0.6 is 24.8 Å². The standard InChI is InChI=1S/C21H33N3O.2ClH/c1-14(2)16(4)23-20-7-5-6-19(15(20)3)21(25)24-10-8-17-12-22-13-18(17)9-11-24;;/h5-7,14,16-18,22-23H,8-13H2,1-4H3;2*1H/t16?,17-,18+;;. The molecular weight excluding hydrogens is 381 g/mol. The van der Waals surface area contributed by atoms with Gasteiger partial charge in [0, 0.05) is 30.4 Å². The summed E-state index contributed by atoms with van der Waals surface area (Å²) in [5.74, 6) is 2.25. The Labute approximate surface area is 176 Å². The first-order valence-electron chi connectivity index (χ1n) is 9.83. The van der Waals surface area contributed by atoms with Gasteiger partial charge in [-0.3, -0.25) is 4.79 Å². The van der Waals surface area contributed by atoms with Crippen molar-refractivity contribution >= 4 is 36.4 Å². The van der Waals surface area contributed by atoms with Crippen LogP contribution in [0.5, 0.6) is 0 Å². The highest BCUT2D eigenvalue weighted by molar-refractivity contribution is 5.97. The minimum atomic E-state index is 0. The molecule has 1 unspecified atom stereocenters. The minimum Gasteiger partial charge on any atom is -0.382 e. The third-order valence-electron chi connectivity index (χ3n) is 6.25. The van der Waals surface area contributed by atoms with E-state index in [4.69, 9.17) is 0 Å². The third-order valence-corrected chi connectivity index (χ3v) is 6.25. The average molecular weight is 416 g/mol. The highest BCUT2D eigenvalue weighted by atomic mass is 35.5. The van der Waals surface area contributed by atoms with Gasteiger partial charge in [0.25, 0.3) is 5.91 Å². The number of rotatable bonds is 4. The van der Waals surface area contributed by atoms with Gasteiger partial charge in [0.05, 0.1) is 0 Å². The van der Waals surface area contributed by atoms with Gasteiger partial charge < -0.3 is 15.5 Å². The molecule has 0 spiro atoms. The molecule has 2 fully saturated rings. The number of likely N-dealkylation sites (tertiary alicyclic amines) is 1. The van der Waals surface area contributed by atoms with Crippen LogP contribution in [0.1, 0.15) is 49.5 Å². The van der Waals surface area contributed by atoms with Crippen LogP contribution < -0.4 is 10.6 Å². The predicted molar refractivity (Wildman–Crippen MR) is 119 cm³/mol. The molecule has 0 radical (unpaired) electrons. The molecule has 154 valence electrons. The van der Waals surface area contributed by atoms with Crippen molar-refractivity contribution in [2.75, 3.05) is 31.5 Å². The quantitative estimate of drug-likeness (QED) is 0.766. The molecule has 1 aromatic carbocycles. The minimum absolute atomic E-state index is 0. The first-order chi connectivity index (χ1) is 12.0. The average Bonchev–Trinajstić information content (AvgIpc) is 2.94. The first-order valence-corrected chi connectivity index (χ1v) is 9.83. The molecule has 0 bridgehead atoms. The van der Waals surface area contributed by atoms with Crippen LogP contribution in [0.4, 0.5) is 5.69 Å². The Morgan fingerprint density at radius 3 is 2.26 bits per heavy atom. The SMILES string of the molecule is Cc1c(NC(C)C(C)C)cccc1C(=O)N1CC[C@@H]2CNC[C@@H]2CC1.Cl.Cl. The first kappa shape index (κ1) is 24.1. The summed E-state index contributed by atoms with van der Waals surface area (Å²) >= 11 is 0. The van der Waals surface area contributed by atoms with E-state index in [1.54, 1.807) is 0 Å². The summed E-state index contributed by atoms with van der Waals surface area (Å²) in [7, 11) is 0. The summed E-state index contributed by atoms with van der Waals surface area (Å²) in [5, 5.41) is 7.07. The number of benzene rings is 1. The number of halogens is 2. The zero-order valence-electron chi connectivity index (χ0n) is 17.0. The Morgan fingerprint density at radius 1 is 1.11 bits per heavy atom. The van der Waals surface area contributed by atoms with Crippen LogP contribution in [0.3, 0.4) is 0 Å². The monoisotopic (exact) mass is 415 g/mol. The number of anilines is 1. The molecular formula is C21H35Cl2N3O. The Morgan fingerprint density at radius 2 is 1.70 bits per heavy atom. The zero-order chi connectivity index (χ0) is 18.0. The van der Waals surface area contributed by atoms with E-state index in [-0.39, 0.29) is 30.7 Å². The Kier molecular flexibility index (Phi) is 9.40. The smallest absolute Gasteiger partial charge is 0.254 e. The lowest BCUT2D eigenvalue weighted by molar-refractivity contribution is 0.0758. The lowest BCUT2D eigenvalue weighted by atomic mass is 9.92. The summed E-state index contributed by atoms with van der Waals surface area (Å²) in [4.78, 5) is 15.2. The van der Waals surface area contributed by atoms with E-state index in [2.05, 4.69) is 49.3 Å². The number of fused-ring (bicyclic) bond motifs is 1. The van der Waals surface area contributed by atoms with Crippen molar-refractivity contribution in [1.29, 1.82) is 0 Å². The maximum atomic E-state index is 13.1. The van der Waals surface area contributed by atoms with Gasteiger partial charge in [0.15, 0.2) is 0 Å². The summed E-state index contributed by atoms with van der Waals surface area (Å²) in [6, 6.07) is 6.46. The second kappa shape index (κ2) is 10.5. The highest BCUT2D eigenvalue weighted by Crippen LogP contribution is 2.29. The second-order valence-corrected chi connectivity index (χ2v) is 8.20.